The molecule has 2 aromatic heterocycles. The van der Waals surface area contributed by atoms with Crippen molar-refractivity contribution >= 4 is 24.8 Å². The van der Waals surface area contributed by atoms with Crippen molar-refractivity contribution in [2.45, 2.75) is 52.2 Å². The van der Waals surface area contributed by atoms with Crippen LogP contribution in [0.25, 0.3) is 11.0 Å². The topological polar surface area (TPSA) is 79.4 Å². The first-order valence-electron chi connectivity index (χ1n) is 10.2. The van der Waals surface area contributed by atoms with Crippen LogP contribution < -0.4 is 4.74 Å². The summed E-state index contributed by atoms with van der Waals surface area (Å²) < 4.78 is 28.1. The summed E-state index contributed by atoms with van der Waals surface area (Å²) in [5.74, 6) is -0.222. The van der Waals surface area contributed by atoms with Gasteiger partial charge >= 0.3 is 0 Å². The van der Waals surface area contributed by atoms with Gasteiger partial charge in [0.25, 0.3) is 5.69 Å². The zero-order valence-electron chi connectivity index (χ0n) is 18.5. The van der Waals surface area contributed by atoms with E-state index in [1.807, 2.05) is 10.6 Å². The van der Waals surface area contributed by atoms with Crippen LogP contribution in [0.3, 0.4) is 0 Å². The number of ether oxygens (including phenoxy) is 2. The van der Waals surface area contributed by atoms with Crippen molar-refractivity contribution in [1.29, 1.82) is 0 Å². The molecule has 0 radical (unpaired) electrons. The maximum atomic E-state index is 14.3. The first-order valence-corrected chi connectivity index (χ1v) is 14.0. The molecule has 0 amide bonds. The Morgan fingerprint density at radius 2 is 1.94 bits per heavy atom. The summed E-state index contributed by atoms with van der Waals surface area (Å²) in [4.78, 5) is 14.7. The third kappa shape index (κ3) is 5.48. The third-order valence-electron chi connectivity index (χ3n) is 4.94. The van der Waals surface area contributed by atoms with Crippen LogP contribution in [0.1, 0.15) is 25.5 Å². The van der Waals surface area contributed by atoms with Gasteiger partial charge in [-0.2, -0.15) is 0 Å². The Labute approximate surface area is 182 Å². The number of fused-ring (bicyclic) bond motifs is 1. The van der Waals surface area contributed by atoms with Crippen LogP contribution in [-0.2, 0) is 11.5 Å². The second kappa shape index (κ2) is 9.15. The molecule has 9 heteroatoms. The van der Waals surface area contributed by atoms with Crippen LogP contribution in [0, 0.1) is 15.9 Å². The monoisotopic (exact) mass is 445 g/mol. The fourth-order valence-electron chi connectivity index (χ4n) is 3.19. The highest BCUT2D eigenvalue weighted by Gasteiger charge is 2.19. The van der Waals surface area contributed by atoms with Crippen LogP contribution in [-0.4, -0.2) is 29.2 Å². The molecule has 0 atom stereocenters. The van der Waals surface area contributed by atoms with Gasteiger partial charge in [-0.1, -0.05) is 33.5 Å². The van der Waals surface area contributed by atoms with Crippen LogP contribution >= 0.6 is 0 Å². The Kier molecular flexibility index (Phi) is 6.76. The number of hydrogen-bond acceptors (Lipinski definition) is 5. The summed E-state index contributed by atoms with van der Waals surface area (Å²) in [5, 5.41) is 11.6. The second-order valence-electron chi connectivity index (χ2n) is 9.02. The highest BCUT2D eigenvalue weighted by atomic mass is 28.3. The predicted octanol–water partition coefficient (Wildman–Crippen LogP) is 6.31. The Morgan fingerprint density at radius 1 is 1.19 bits per heavy atom. The summed E-state index contributed by atoms with van der Waals surface area (Å²) in [5.41, 5.74) is 1.40. The van der Waals surface area contributed by atoms with E-state index in [2.05, 4.69) is 38.5 Å². The van der Waals surface area contributed by atoms with Crippen molar-refractivity contribution in [3.63, 3.8) is 0 Å². The number of aromatic nitrogens is 2. The Morgan fingerprint density at radius 3 is 2.55 bits per heavy atom. The number of pyridine rings is 1. The number of nitro benzene ring substituents is 1. The average Bonchev–Trinajstić information content (AvgIpc) is 3.06. The van der Waals surface area contributed by atoms with Gasteiger partial charge in [0.15, 0.2) is 11.6 Å². The molecular weight excluding hydrogens is 417 g/mol. The molecule has 7 nitrogen and oxygen atoms in total. The largest absolute Gasteiger partial charge is 0.453 e. The number of halogens is 1. The van der Waals surface area contributed by atoms with Gasteiger partial charge in [-0.3, -0.25) is 10.1 Å². The normalized spacial score (nSPS) is 12.0. The molecule has 0 saturated heterocycles. The van der Waals surface area contributed by atoms with Gasteiger partial charge in [0.1, 0.15) is 18.1 Å². The summed E-state index contributed by atoms with van der Waals surface area (Å²) >= 11 is 0. The van der Waals surface area contributed by atoms with Gasteiger partial charge in [0, 0.05) is 32.6 Å². The maximum absolute atomic E-state index is 14.3. The number of rotatable bonds is 9. The van der Waals surface area contributed by atoms with Gasteiger partial charge in [-0.15, -0.1) is 0 Å². The molecule has 0 aliphatic heterocycles. The zero-order valence-corrected chi connectivity index (χ0v) is 19.5. The molecule has 0 saturated carbocycles. The highest BCUT2D eigenvalue weighted by Crippen LogP contribution is 2.35. The molecule has 166 valence electrons. The summed E-state index contributed by atoms with van der Waals surface area (Å²) in [6, 6.07) is 8.04. The van der Waals surface area contributed by atoms with Crippen LogP contribution in [0.5, 0.6) is 11.5 Å². The fraction of sp³-hybridized carbons (Fsp3) is 0.409. The number of non-ortho nitro benzene ring substituents is 1. The minimum absolute atomic E-state index is 0.0802. The Balaban J connectivity index is 1.91. The lowest BCUT2D eigenvalue weighted by Gasteiger charge is -2.17. The van der Waals surface area contributed by atoms with E-state index in [0.29, 0.717) is 24.7 Å². The van der Waals surface area contributed by atoms with Gasteiger partial charge < -0.3 is 14.0 Å². The van der Waals surface area contributed by atoms with Gasteiger partial charge in [0.2, 0.25) is 0 Å². The Hall–Kier alpha value is -2.78. The molecule has 0 spiro atoms. The van der Waals surface area contributed by atoms with E-state index in [4.69, 9.17) is 9.47 Å². The molecule has 0 unspecified atom stereocenters. The molecule has 3 aromatic rings. The van der Waals surface area contributed by atoms with Crippen molar-refractivity contribution in [2.75, 3.05) is 6.61 Å². The van der Waals surface area contributed by atoms with E-state index in [9.17, 15) is 14.5 Å². The lowest BCUT2D eigenvalue weighted by molar-refractivity contribution is -0.385. The van der Waals surface area contributed by atoms with E-state index in [1.165, 1.54) is 12.1 Å². The molecule has 1 aromatic carbocycles. The Bertz CT molecular complexity index is 1090. The lowest BCUT2D eigenvalue weighted by Crippen LogP contribution is -2.22. The molecule has 0 N–H and O–H groups in total. The molecule has 0 aliphatic rings. The number of benzene rings is 1. The van der Waals surface area contributed by atoms with Gasteiger partial charge in [-0.25, -0.2) is 9.37 Å². The number of nitrogens with zero attached hydrogens (tertiary/aromatic N) is 3. The molecule has 0 bridgehead atoms. The summed E-state index contributed by atoms with van der Waals surface area (Å²) in [6.45, 7) is 12.2. The first kappa shape index (κ1) is 22.9. The van der Waals surface area contributed by atoms with Crippen LogP contribution in [0.15, 0.2) is 36.5 Å². The quantitative estimate of drug-likeness (QED) is 0.167. The highest BCUT2D eigenvalue weighted by molar-refractivity contribution is 6.76. The summed E-state index contributed by atoms with van der Waals surface area (Å²) in [7, 11) is -1.18. The average molecular weight is 446 g/mol. The molecule has 0 aliphatic carbocycles. The smallest absolute Gasteiger partial charge is 0.272 e. The number of nitro groups is 1. The van der Waals surface area contributed by atoms with E-state index in [1.54, 1.807) is 12.3 Å². The molecule has 0 fully saturated rings. The molecular formula is C22H28FN3O4Si. The second-order valence-corrected chi connectivity index (χ2v) is 14.6. The van der Waals surface area contributed by atoms with Crippen molar-refractivity contribution in [1.82, 2.24) is 9.55 Å². The van der Waals surface area contributed by atoms with E-state index in [-0.39, 0.29) is 17.4 Å². The van der Waals surface area contributed by atoms with Gasteiger partial charge in [-0.05, 0) is 30.2 Å². The molecule has 31 heavy (non-hydrogen) atoms. The minimum Gasteiger partial charge on any atom is -0.453 e. The number of hydrogen-bond donors (Lipinski definition) is 0. The van der Waals surface area contributed by atoms with E-state index in [0.717, 1.165) is 23.2 Å². The fourth-order valence-corrected chi connectivity index (χ4v) is 3.94. The maximum Gasteiger partial charge on any atom is 0.272 e. The third-order valence-corrected chi connectivity index (χ3v) is 6.65. The first-order chi connectivity index (χ1) is 14.6. The molecule has 2 heterocycles. The zero-order chi connectivity index (χ0) is 22.8. The van der Waals surface area contributed by atoms with Crippen molar-refractivity contribution < 1.29 is 18.8 Å². The van der Waals surface area contributed by atoms with Crippen molar-refractivity contribution in [3.05, 3.63) is 58.2 Å². The van der Waals surface area contributed by atoms with Crippen molar-refractivity contribution in [2.24, 2.45) is 0 Å². The van der Waals surface area contributed by atoms with Gasteiger partial charge in [0.05, 0.1) is 16.4 Å². The standard InChI is InChI=1S/C22H28FN3O4Si/c1-15(2)19-13-17-20(30-21-7-6-16(26(27)28)12-18(21)23)8-9-24-22(17)25(19)14-29-10-11-31(3,4)5/h6-9,12-13,15H,10-11,14H2,1-5H3. The van der Waals surface area contributed by atoms with E-state index >= 15 is 0 Å². The summed E-state index contributed by atoms with van der Waals surface area (Å²) in [6.07, 6.45) is 1.60. The SMILES string of the molecule is CC(C)c1cc2c(Oc3ccc([N+](=O)[O-])cc3F)ccnc2n1COCC[Si](C)(C)C. The van der Waals surface area contributed by atoms with Crippen LogP contribution in [0.2, 0.25) is 25.7 Å². The molecule has 3 rings (SSSR count). The van der Waals surface area contributed by atoms with E-state index < -0.39 is 18.8 Å². The predicted molar refractivity (Wildman–Crippen MR) is 121 cm³/mol. The lowest BCUT2D eigenvalue weighted by atomic mass is 10.1. The minimum atomic E-state index is -1.18. The van der Waals surface area contributed by atoms with Crippen LogP contribution in [0.4, 0.5) is 10.1 Å². The van der Waals surface area contributed by atoms with Crippen molar-refractivity contribution in [3.8, 4) is 11.5 Å².